The minimum Gasteiger partial charge on any atom is -0.486 e. The zero-order chi connectivity index (χ0) is 10.4. The molecule has 1 aromatic rings. The van der Waals surface area contributed by atoms with Gasteiger partial charge >= 0.3 is 0 Å². The molecule has 2 unspecified atom stereocenters. The van der Waals surface area contributed by atoms with E-state index in [0.717, 1.165) is 17.7 Å². The molecule has 3 rings (SSSR count). The van der Waals surface area contributed by atoms with Crippen LogP contribution in [-0.2, 0) is 0 Å². The fourth-order valence-corrected chi connectivity index (χ4v) is 2.22. The first-order valence-electron chi connectivity index (χ1n) is 5.10. The van der Waals surface area contributed by atoms with Gasteiger partial charge in [-0.3, -0.25) is 0 Å². The van der Waals surface area contributed by atoms with E-state index < -0.39 is 0 Å². The van der Waals surface area contributed by atoms with Gasteiger partial charge in [0.15, 0.2) is 11.5 Å². The van der Waals surface area contributed by atoms with Crippen molar-refractivity contribution in [3.05, 3.63) is 22.7 Å². The van der Waals surface area contributed by atoms with E-state index in [-0.39, 0.29) is 6.04 Å². The van der Waals surface area contributed by atoms with Crippen LogP contribution in [0.4, 0.5) is 0 Å². The normalized spacial score (nSPS) is 27.6. The van der Waals surface area contributed by atoms with Gasteiger partial charge in [0, 0.05) is 12.0 Å². The molecule has 1 aliphatic heterocycles. The van der Waals surface area contributed by atoms with Crippen LogP contribution < -0.4 is 15.2 Å². The van der Waals surface area contributed by atoms with Crippen molar-refractivity contribution in [1.82, 2.24) is 0 Å². The molecule has 1 saturated carbocycles. The summed E-state index contributed by atoms with van der Waals surface area (Å²) in [6, 6.07) is 4.22. The SMILES string of the molecule is NC1CC1c1cc(Cl)c2c(c1)OCCO2. The lowest BCUT2D eigenvalue weighted by Gasteiger charge is -2.20. The van der Waals surface area contributed by atoms with E-state index in [1.807, 2.05) is 12.1 Å². The lowest BCUT2D eigenvalue weighted by atomic mass is 10.1. The number of halogens is 1. The summed E-state index contributed by atoms with van der Waals surface area (Å²) in [6.45, 7) is 1.15. The van der Waals surface area contributed by atoms with E-state index >= 15 is 0 Å². The molecule has 0 radical (unpaired) electrons. The third-order valence-corrected chi connectivity index (χ3v) is 3.17. The number of hydrogen-bond acceptors (Lipinski definition) is 3. The Hall–Kier alpha value is -0.930. The van der Waals surface area contributed by atoms with Gasteiger partial charge in [0.05, 0.1) is 5.02 Å². The van der Waals surface area contributed by atoms with Crippen LogP contribution in [0.5, 0.6) is 11.5 Å². The predicted octanol–water partition coefficient (Wildman–Crippen LogP) is 1.93. The fraction of sp³-hybridized carbons (Fsp3) is 0.455. The number of ether oxygens (including phenoxy) is 2. The van der Waals surface area contributed by atoms with E-state index in [1.165, 1.54) is 0 Å². The molecule has 0 bridgehead atoms. The van der Waals surface area contributed by atoms with E-state index in [0.29, 0.717) is 29.9 Å². The highest BCUT2D eigenvalue weighted by Crippen LogP contribution is 2.45. The summed E-state index contributed by atoms with van der Waals surface area (Å²) in [5.74, 6) is 1.86. The molecule has 15 heavy (non-hydrogen) atoms. The molecule has 80 valence electrons. The summed E-state index contributed by atoms with van der Waals surface area (Å²) in [5.41, 5.74) is 6.97. The lowest BCUT2D eigenvalue weighted by Crippen LogP contribution is -2.16. The van der Waals surface area contributed by atoms with Gasteiger partial charge in [-0.05, 0) is 24.1 Å². The molecule has 1 aromatic carbocycles. The maximum atomic E-state index is 6.12. The molecule has 1 heterocycles. The van der Waals surface area contributed by atoms with Crippen LogP contribution in [0.3, 0.4) is 0 Å². The van der Waals surface area contributed by atoms with Crippen LogP contribution in [0.1, 0.15) is 17.9 Å². The van der Waals surface area contributed by atoms with Crippen molar-refractivity contribution >= 4 is 11.6 Å². The second-order valence-electron chi connectivity index (χ2n) is 4.03. The summed E-state index contributed by atoms with van der Waals surface area (Å²) in [5, 5.41) is 0.626. The van der Waals surface area contributed by atoms with Crippen molar-refractivity contribution in [3.63, 3.8) is 0 Å². The molecule has 4 heteroatoms. The second-order valence-corrected chi connectivity index (χ2v) is 4.44. The maximum absolute atomic E-state index is 6.12. The first-order chi connectivity index (χ1) is 7.25. The summed E-state index contributed by atoms with van der Waals surface area (Å²) in [7, 11) is 0. The zero-order valence-corrected chi connectivity index (χ0v) is 8.96. The Balaban J connectivity index is 2.01. The number of nitrogens with two attached hydrogens (primary N) is 1. The van der Waals surface area contributed by atoms with Gasteiger partial charge in [-0.1, -0.05) is 11.6 Å². The number of fused-ring (bicyclic) bond motifs is 1. The predicted molar refractivity (Wildman–Crippen MR) is 57.8 cm³/mol. The Bertz CT molecular complexity index is 408. The van der Waals surface area contributed by atoms with E-state index in [1.54, 1.807) is 0 Å². The van der Waals surface area contributed by atoms with Crippen LogP contribution in [0.2, 0.25) is 5.02 Å². The van der Waals surface area contributed by atoms with Crippen LogP contribution in [0.15, 0.2) is 12.1 Å². The van der Waals surface area contributed by atoms with Crippen molar-refractivity contribution in [2.75, 3.05) is 13.2 Å². The minimum atomic E-state index is 0.281. The Morgan fingerprint density at radius 3 is 2.73 bits per heavy atom. The number of rotatable bonds is 1. The van der Waals surface area contributed by atoms with Gasteiger partial charge in [-0.2, -0.15) is 0 Å². The van der Waals surface area contributed by atoms with Gasteiger partial charge in [0.1, 0.15) is 13.2 Å². The topological polar surface area (TPSA) is 44.5 Å². The molecule has 2 aliphatic rings. The quantitative estimate of drug-likeness (QED) is 0.794. The first-order valence-corrected chi connectivity index (χ1v) is 5.48. The molecule has 1 fully saturated rings. The molecule has 0 aromatic heterocycles. The molecule has 3 nitrogen and oxygen atoms in total. The van der Waals surface area contributed by atoms with Crippen LogP contribution in [0.25, 0.3) is 0 Å². The molecule has 0 amide bonds. The molecule has 0 spiro atoms. The molecular weight excluding hydrogens is 214 g/mol. The second kappa shape index (κ2) is 3.29. The summed E-state index contributed by atoms with van der Waals surface area (Å²) >= 11 is 6.12. The fourth-order valence-electron chi connectivity index (χ4n) is 1.94. The standard InChI is InChI=1S/C11H12ClNO2/c12-8-3-6(7-5-9(7)13)4-10-11(8)15-2-1-14-10/h3-4,7,9H,1-2,5,13H2. The van der Waals surface area contributed by atoms with Crippen molar-refractivity contribution in [2.24, 2.45) is 5.73 Å². The van der Waals surface area contributed by atoms with Gasteiger partial charge in [-0.25, -0.2) is 0 Å². The first kappa shape index (κ1) is 9.31. The summed E-state index contributed by atoms with van der Waals surface area (Å²) in [4.78, 5) is 0. The van der Waals surface area contributed by atoms with Gasteiger partial charge in [0.25, 0.3) is 0 Å². The Labute approximate surface area is 93.1 Å². The maximum Gasteiger partial charge on any atom is 0.179 e. The number of hydrogen-bond donors (Lipinski definition) is 1. The van der Waals surface area contributed by atoms with Gasteiger partial charge in [0.2, 0.25) is 0 Å². The monoisotopic (exact) mass is 225 g/mol. The largest absolute Gasteiger partial charge is 0.486 e. The Morgan fingerprint density at radius 2 is 2.00 bits per heavy atom. The average molecular weight is 226 g/mol. The van der Waals surface area contributed by atoms with Crippen LogP contribution in [0, 0.1) is 0 Å². The van der Waals surface area contributed by atoms with Crippen molar-refractivity contribution < 1.29 is 9.47 Å². The third-order valence-electron chi connectivity index (χ3n) is 2.89. The Morgan fingerprint density at radius 1 is 1.27 bits per heavy atom. The van der Waals surface area contributed by atoms with Crippen molar-refractivity contribution in [1.29, 1.82) is 0 Å². The van der Waals surface area contributed by atoms with E-state index in [9.17, 15) is 0 Å². The zero-order valence-electron chi connectivity index (χ0n) is 8.20. The summed E-state index contributed by atoms with van der Waals surface area (Å²) in [6.07, 6.45) is 1.04. The highest BCUT2D eigenvalue weighted by Gasteiger charge is 2.36. The highest BCUT2D eigenvalue weighted by molar-refractivity contribution is 6.32. The number of benzene rings is 1. The lowest BCUT2D eigenvalue weighted by molar-refractivity contribution is 0.171. The van der Waals surface area contributed by atoms with Crippen molar-refractivity contribution in [3.8, 4) is 11.5 Å². The average Bonchev–Trinajstić information content (AvgIpc) is 2.96. The van der Waals surface area contributed by atoms with E-state index in [2.05, 4.69) is 0 Å². The molecule has 0 saturated heterocycles. The van der Waals surface area contributed by atoms with E-state index in [4.69, 9.17) is 26.8 Å². The minimum absolute atomic E-state index is 0.281. The molecule has 2 atom stereocenters. The van der Waals surface area contributed by atoms with Gasteiger partial charge < -0.3 is 15.2 Å². The Kier molecular flexibility index (Phi) is 2.04. The molecule has 1 aliphatic carbocycles. The van der Waals surface area contributed by atoms with Crippen molar-refractivity contribution in [2.45, 2.75) is 18.4 Å². The molecule has 2 N–H and O–H groups in total. The highest BCUT2D eigenvalue weighted by atomic mass is 35.5. The molecular formula is C11H12ClNO2. The summed E-state index contributed by atoms with van der Waals surface area (Å²) < 4.78 is 11.0. The van der Waals surface area contributed by atoms with Crippen LogP contribution >= 0.6 is 11.6 Å². The smallest absolute Gasteiger partial charge is 0.179 e. The van der Waals surface area contributed by atoms with Crippen LogP contribution in [-0.4, -0.2) is 19.3 Å². The third kappa shape index (κ3) is 1.56. The van der Waals surface area contributed by atoms with Gasteiger partial charge in [-0.15, -0.1) is 0 Å².